The molecule has 1 unspecified atom stereocenters. The summed E-state index contributed by atoms with van der Waals surface area (Å²) in [5.41, 5.74) is 0.163. The van der Waals surface area contributed by atoms with Crippen molar-refractivity contribution in [2.75, 3.05) is 19.8 Å². The summed E-state index contributed by atoms with van der Waals surface area (Å²) in [5.74, 6) is 0.430. The lowest BCUT2D eigenvalue weighted by molar-refractivity contribution is -0.342. The van der Waals surface area contributed by atoms with Gasteiger partial charge in [0.15, 0.2) is 12.1 Å². The van der Waals surface area contributed by atoms with Crippen molar-refractivity contribution in [3.63, 3.8) is 0 Å². The minimum absolute atomic E-state index is 0.0355. The molecule has 7 aliphatic rings. The molecule has 256 valence electrons. The number of hydrogen-bond donors (Lipinski definition) is 5. The predicted molar refractivity (Wildman–Crippen MR) is 166 cm³/mol. The van der Waals surface area contributed by atoms with Gasteiger partial charge in [-0.05, 0) is 93.3 Å². The molecule has 3 aliphatic heterocycles. The average molecular weight is 635 g/mol. The summed E-state index contributed by atoms with van der Waals surface area (Å²) >= 11 is 0. The molecule has 9 nitrogen and oxygen atoms in total. The molecule has 0 aromatic carbocycles. The van der Waals surface area contributed by atoms with E-state index >= 15 is 0 Å². The third kappa shape index (κ3) is 4.24. The maximum Gasteiger partial charge on any atom is 0.186 e. The first kappa shape index (κ1) is 32.9. The van der Waals surface area contributed by atoms with E-state index in [1.807, 2.05) is 6.92 Å². The monoisotopic (exact) mass is 634 g/mol. The first-order valence-electron chi connectivity index (χ1n) is 17.6. The number of aliphatic hydroxyl groups is 5. The SMILES string of the molecule is CC(C)=C[C@H]1CO[C@]23C[C@]4(CO2)[C@H](CC[C@@H]2[C@@]5(C)CC[C@H](O[C@@H]6O[C@H](CO)[C@@H](O)[C@H](O)[C@H]6O)C(C)(C)[C@@H]5CC[C@]24C)[C@H]3C1(C)O. The summed E-state index contributed by atoms with van der Waals surface area (Å²) in [6, 6.07) is 0. The van der Waals surface area contributed by atoms with Crippen LogP contribution in [0.25, 0.3) is 0 Å². The van der Waals surface area contributed by atoms with Crippen molar-refractivity contribution < 1.29 is 44.5 Å². The number of allylic oxidation sites excluding steroid dienone is 1. The Labute approximate surface area is 268 Å². The molecule has 3 heterocycles. The van der Waals surface area contributed by atoms with Crippen LogP contribution >= 0.6 is 0 Å². The number of rotatable bonds is 4. The second-order valence-corrected chi connectivity index (χ2v) is 17.7. The van der Waals surface area contributed by atoms with Gasteiger partial charge in [-0.2, -0.15) is 0 Å². The molecule has 5 N–H and O–H groups in total. The molecule has 0 radical (unpaired) electrons. The van der Waals surface area contributed by atoms with E-state index in [0.717, 1.165) is 44.9 Å². The number of aliphatic hydroxyl groups excluding tert-OH is 4. The largest absolute Gasteiger partial charge is 0.394 e. The Bertz CT molecular complexity index is 1200. The Balaban J connectivity index is 1.16. The fourth-order valence-corrected chi connectivity index (χ4v) is 13.1. The Morgan fingerprint density at radius 2 is 1.62 bits per heavy atom. The molecule has 2 spiro atoms. The molecular weight excluding hydrogens is 576 g/mol. The molecule has 4 aliphatic carbocycles. The summed E-state index contributed by atoms with van der Waals surface area (Å²) in [6.07, 6.45) is 2.62. The molecule has 9 heteroatoms. The number of hydrogen-bond acceptors (Lipinski definition) is 9. The Morgan fingerprint density at radius 1 is 0.889 bits per heavy atom. The Kier molecular flexibility index (Phi) is 7.64. The zero-order valence-corrected chi connectivity index (χ0v) is 28.4. The summed E-state index contributed by atoms with van der Waals surface area (Å²) in [4.78, 5) is 0. The highest BCUT2D eigenvalue weighted by atomic mass is 16.7. The molecule has 7 rings (SSSR count). The van der Waals surface area contributed by atoms with Gasteiger partial charge < -0.3 is 44.5 Å². The van der Waals surface area contributed by atoms with Crippen molar-refractivity contribution in [3.8, 4) is 0 Å². The van der Waals surface area contributed by atoms with Gasteiger partial charge in [-0.3, -0.25) is 0 Å². The first-order valence-corrected chi connectivity index (χ1v) is 17.6. The van der Waals surface area contributed by atoms with Crippen LogP contribution in [0.1, 0.15) is 93.4 Å². The van der Waals surface area contributed by atoms with E-state index in [2.05, 4.69) is 47.6 Å². The highest BCUT2D eigenvalue weighted by molar-refractivity contribution is 5.27. The minimum Gasteiger partial charge on any atom is -0.394 e. The first-order chi connectivity index (χ1) is 21.0. The molecule has 2 bridgehead atoms. The van der Waals surface area contributed by atoms with Crippen LogP contribution in [0.5, 0.6) is 0 Å². The van der Waals surface area contributed by atoms with E-state index in [-0.39, 0.29) is 39.6 Å². The van der Waals surface area contributed by atoms with Crippen LogP contribution in [-0.4, -0.2) is 93.6 Å². The number of fused-ring (bicyclic) bond motifs is 4. The van der Waals surface area contributed by atoms with Crippen LogP contribution < -0.4 is 0 Å². The molecule has 4 saturated carbocycles. The zero-order valence-electron chi connectivity index (χ0n) is 28.4. The fourth-order valence-electron chi connectivity index (χ4n) is 13.1. The van der Waals surface area contributed by atoms with Crippen molar-refractivity contribution in [1.29, 1.82) is 0 Å². The van der Waals surface area contributed by atoms with Gasteiger partial charge in [0.1, 0.15) is 24.4 Å². The van der Waals surface area contributed by atoms with Gasteiger partial charge in [0.05, 0.1) is 31.5 Å². The average Bonchev–Trinajstić information content (AvgIpc) is 3.49. The van der Waals surface area contributed by atoms with Crippen LogP contribution in [0, 0.1) is 51.2 Å². The van der Waals surface area contributed by atoms with E-state index < -0.39 is 48.7 Å². The minimum atomic E-state index is -1.45. The van der Waals surface area contributed by atoms with E-state index in [1.54, 1.807) is 0 Å². The molecule has 0 aromatic rings. The van der Waals surface area contributed by atoms with Gasteiger partial charge in [0, 0.05) is 23.7 Å². The van der Waals surface area contributed by atoms with E-state index in [1.165, 1.54) is 5.57 Å². The highest BCUT2D eigenvalue weighted by Crippen LogP contribution is 2.80. The van der Waals surface area contributed by atoms with Crippen molar-refractivity contribution in [3.05, 3.63) is 11.6 Å². The van der Waals surface area contributed by atoms with Crippen LogP contribution in [0.15, 0.2) is 11.6 Å². The normalized spacial score (nSPS) is 58.2. The summed E-state index contributed by atoms with van der Waals surface area (Å²) in [5, 5.41) is 53.4. The molecule has 45 heavy (non-hydrogen) atoms. The summed E-state index contributed by atoms with van der Waals surface area (Å²) in [6.45, 7) is 16.6. The Hall–Kier alpha value is -0.620. The van der Waals surface area contributed by atoms with Crippen molar-refractivity contribution in [2.24, 2.45) is 51.2 Å². The van der Waals surface area contributed by atoms with E-state index in [0.29, 0.717) is 31.0 Å². The summed E-state index contributed by atoms with van der Waals surface area (Å²) in [7, 11) is 0. The van der Waals surface area contributed by atoms with Crippen LogP contribution in [-0.2, 0) is 18.9 Å². The molecule has 0 amide bonds. The van der Waals surface area contributed by atoms with Gasteiger partial charge in [-0.15, -0.1) is 0 Å². The summed E-state index contributed by atoms with van der Waals surface area (Å²) < 4.78 is 25.7. The fraction of sp³-hybridized carbons (Fsp3) is 0.944. The maximum atomic E-state index is 12.2. The zero-order chi connectivity index (χ0) is 32.5. The second-order valence-electron chi connectivity index (χ2n) is 17.7. The molecular formula is C36H58O9. The van der Waals surface area contributed by atoms with Gasteiger partial charge in [-0.1, -0.05) is 39.3 Å². The van der Waals surface area contributed by atoms with Gasteiger partial charge in [0.2, 0.25) is 0 Å². The molecule has 0 aromatic heterocycles. The quantitative estimate of drug-likeness (QED) is 0.232. The lowest BCUT2D eigenvalue weighted by atomic mass is 9.35. The standard InChI is InChI=1S/C36H58O9/c1-19(2)14-20-16-42-36-17-35(18-43-36)21(29(36)34(20,7)41)8-9-24-32(5)12-11-25(31(3,4)23(32)10-13-33(24,35)6)45-30-28(40)27(39)26(38)22(15-37)44-30/h14,20-30,37-41H,8-13,15-18H2,1-7H3/t20-,21+,22+,23-,24+,25-,26+,27-,28+,29-,30-,32-,33+,34?,35-,36+/m0/s1. The van der Waals surface area contributed by atoms with Crippen LogP contribution in [0.3, 0.4) is 0 Å². The van der Waals surface area contributed by atoms with E-state index in [4.69, 9.17) is 18.9 Å². The van der Waals surface area contributed by atoms with Crippen molar-refractivity contribution >= 4 is 0 Å². The highest BCUT2D eigenvalue weighted by Gasteiger charge is 2.81. The topological polar surface area (TPSA) is 138 Å². The predicted octanol–water partition coefficient (Wildman–Crippen LogP) is 3.54. The molecule has 7 fully saturated rings. The van der Waals surface area contributed by atoms with Crippen molar-refractivity contribution in [2.45, 2.75) is 142 Å². The molecule has 3 saturated heterocycles. The third-order valence-corrected chi connectivity index (χ3v) is 15.2. The molecule has 16 atom stereocenters. The van der Waals surface area contributed by atoms with Gasteiger partial charge in [0.25, 0.3) is 0 Å². The van der Waals surface area contributed by atoms with E-state index in [9.17, 15) is 25.5 Å². The Morgan fingerprint density at radius 3 is 2.31 bits per heavy atom. The van der Waals surface area contributed by atoms with Crippen LogP contribution in [0.4, 0.5) is 0 Å². The second kappa shape index (κ2) is 10.4. The van der Waals surface area contributed by atoms with Gasteiger partial charge >= 0.3 is 0 Å². The number of ether oxygens (including phenoxy) is 4. The van der Waals surface area contributed by atoms with Gasteiger partial charge in [-0.25, -0.2) is 0 Å². The van der Waals surface area contributed by atoms with Crippen molar-refractivity contribution in [1.82, 2.24) is 0 Å². The van der Waals surface area contributed by atoms with Crippen LogP contribution in [0.2, 0.25) is 0 Å². The lowest BCUT2D eigenvalue weighted by Gasteiger charge is -2.70. The lowest BCUT2D eigenvalue weighted by Crippen LogP contribution is -2.68. The maximum absolute atomic E-state index is 12.2. The smallest absolute Gasteiger partial charge is 0.186 e. The third-order valence-electron chi connectivity index (χ3n) is 15.2.